The molecule has 0 saturated heterocycles. The minimum absolute atomic E-state index is 0.0538. The number of aryl methyl sites for hydroxylation is 2. The van der Waals surface area contributed by atoms with E-state index in [2.05, 4.69) is 12.2 Å². The highest BCUT2D eigenvalue weighted by Gasteiger charge is 2.17. The molecule has 3 heteroatoms. The Kier molecular flexibility index (Phi) is 5.87. The fourth-order valence-electron chi connectivity index (χ4n) is 1.94. The molecule has 1 amide bonds. The van der Waals surface area contributed by atoms with E-state index in [-0.39, 0.29) is 11.9 Å². The summed E-state index contributed by atoms with van der Waals surface area (Å²) in [5.74, 6) is 0.729. The highest BCUT2D eigenvalue weighted by molar-refractivity contribution is 5.81. The van der Waals surface area contributed by atoms with Gasteiger partial charge in [-0.2, -0.15) is 0 Å². The number of ether oxygens (including phenoxy) is 1. The molecule has 0 unspecified atom stereocenters. The van der Waals surface area contributed by atoms with E-state index in [4.69, 9.17) is 4.74 Å². The Morgan fingerprint density at radius 2 is 2.00 bits per heavy atom. The Balaban J connectivity index is 2.61. The van der Waals surface area contributed by atoms with Gasteiger partial charge >= 0.3 is 0 Å². The first-order chi connectivity index (χ1) is 8.93. The van der Waals surface area contributed by atoms with E-state index in [0.717, 1.165) is 29.7 Å². The summed E-state index contributed by atoms with van der Waals surface area (Å²) in [4.78, 5) is 12.0. The van der Waals surface area contributed by atoms with E-state index < -0.39 is 6.10 Å². The fourth-order valence-corrected chi connectivity index (χ4v) is 1.94. The van der Waals surface area contributed by atoms with Crippen LogP contribution < -0.4 is 10.1 Å². The topological polar surface area (TPSA) is 38.3 Å². The summed E-state index contributed by atoms with van der Waals surface area (Å²) in [6.45, 7) is 9.92. The minimum Gasteiger partial charge on any atom is -0.481 e. The number of benzene rings is 1. The quantitative estimate of drug-likeness (QED) is 0.854. The van der Waals surface area contributed by atoms with Crippen molar-refractivity contribution >= 4 is 5.91 Å². The van der Waals surface area contributed by atoms with Gasteiger partial charge in [-0.25, -0.2) is 0 Å². The maximum Gasteiger partial charge on any atom is 0.260 e. The van der Waals surface area contributed by atoms with Crippen molar-refractivity contribution in [2.45, 2.75) is 59.6 Å². The SMILES string of the molecule is CCC[C@@H](C)NC(=O)[C@H](C)Oc1cc(C)ccc1C. The third-order valence-corrected chi connectivity index (χ3v) is 3.13. The maximum atomic E-state index is 12.0. The number of nitrogens with one attached hydrogen (secondary N) is 1. The number of rotatable bonds is 6. The van der Waals surface area contributed by atoms with E-state index >= 15 is 0 Å². The third-order valence-electron chi connectivity index (χ3n) is 3.13. The van der Waals surface area contributed by atoms with Crippen LogP contribution in [0.4, 0.5) is 0 Å². The molecule has 0 saturated carbocycles. The molecule has 19 heavy (non-hydrogen) atoms. The fraction of sp³-hybridized carbons (Fsp3) is 0.562. The first kappa shape index (κ1) is 15.5. The lowest BCUT2D eigenvalue weighted by Crippen LogP contribution is -2.41. The lowest BCUT2D eigenvalue weighted by molar-refractivity contribution is -0.127. The molecule has 0 fully saturated rings. The van der Waals surface area contributed by atoms with E-state index in [0.29, 0.717) is 0 Å². The third kappa shape index (κ3) is 4.93. The van der Waals surface area contributed by atoms with Crippen molar-refractivity contribution in [3.8, 4) is 5.75 Å². The molecule has 0 aliphatic rings. The highest BCUT2D eigenvalue weighted by Crippen LogP contribution is 2.20. The van der Waals surface area contributed by atoms with Crippen LogP contribution >= 0.6 is 0 Å². The summed E-state index contributed by atoms with van der Waals surface area (Å²) in [6.07, 6.45) is 1.58. The van der Waals surface area contributed by atoms with E-state index in [1.165, 1.54) is 0 Å². The van der Waals surface area contributed by atoms with Crippen LogP contribution in [0.15, 0.2) is 18.2 Å². The van der Waals surface area contributed by atoms with Crippen molar-refractivity contribution in [3.05, 3.63) is 29.3 Å². The van der Waals surface area contributed by atoms with Gasteiger partial charge in [0.15, 0.2) is 6.10 Å². The summed E-state index contributed by atoms with van der Waals surface area (Å²) in [6, 6.07) is 6.21. The molecular weight excluding hydrogens is 238 g/mol. The summed E-state index contributed by atoms with van der Waals surface area (Å²) in [5, 5.41) is 2.97. The van der Waals surface area contributed by atoms with Crippen LogP contribution in [0, 0.1) is 13.8 Å². The van der Waals surface area contributed by atoms with Gasteiger partial charge in [-0.05, 0) is 51.3 Å². The molecule has 0 heterocycles. The molecule has 0 aromatic heterocycles. The van der Waals surface area contributed by atoms with E-state index in [9.17, 15) is 4.79 Å². The molecule has 2 atom stereocenters. The molecule has 1 N–H and O–H groups in total. The van der Waals surface area contributed by atoms with E-state index in [1.54, 1.807) is 6.92 Å². The van der Waals surface area contributed by atoms with Gasteiger partial charge in [-0.3, -0.25) is 4.79 Å². The van der Waals surface area contributed by atoms with Crippen LogP contribution in [0.5, 0.6) is 5.75 Å². The number of carbonyl (C=O) groups excluding carboxylic acids is 1. The summed E-state index contributed by atoms with van der Waals surface area (Å²) < 4.78 is 5.75. The van der Waals surface area contributed by atoms with Gasteiger partial charge in [0.2, 0.25) is 0 Å². The smallest absolute Gasteiger partial charge is 0.260 e. The maximum absolute atomic E-state index is 12.0. The summed E-state index contributed by atoms with van der Waals surface area (Å²) in [5.41, 5.74) is 2.18. The van der Waals surface area contributed by atoms with Gasteiger partial charge in [0.05, 0.1) is 0 Å². The van der Waals surface area contributed by atoms with Gasteiger partial charge in [0.25, 0.3) is 5.91 Å². The van der Waals surface area contributed by atoms with Crippen molar-refractivity contribution in [1.82, 2.24) is 5.32 Å². The predicted molar refractivity (Wildman–Crippen MR) is 78.5 cm³/mol. The average molecular weight is 263 g/mol. The van der Waals surface area contributed by atoms with Crippen LogP contribution in [0.1, 0.15) is 44.7 Å². The lowest BCUT2D eigenvalue weighted by atomic mass is 10.1. The molecular formula is C16H25NO2. The van der Waals surface area contributed by atoms with Crippen LogP contribution in [0.25, 0.3) is 0 Å². The van der Waals surface area contributed by atoms with Gasteiger partial charge in [-0.15, -0.1) is 0 Å². The number of carbonyl (C=O) groups is 1. The molecule has 1 aromatic carbocycles. The highest BCUT2D eigenvalue weighted by atomic mass is 16.5. The van der Waals surface area contributed by atoms with Crippen LogP contribution in [-0.4, -0.2) is 18.1 Å². The Bertz CT molecular complexity index is 429. The van der Waals surface area contributed by atoms with Crippen LogP contribution in [0.2, 0.25) is 0 Å². The normalized spacial score (nSPS) is 13.7. The van der Waals surface area contributed by atoms with Crippen molar-refractivity contribution < 1.29 is 9.53 Å². The zero-order valence-electron chi connectivity index (χ0n) is 12.6. The average Bonchev–Trinajstić information content (AvgIpc) is 2.34. The molecule has 0 aliphatic carbocycles. The van der Waals surface area contributed by atoms with Gasteiger partial charge in [0.1, 0.15) is 5.75 Å². The second-order valence-corrected chi connectivity index (χ2v) is 5.23. The molecule has 0 bridgehead atoms. The van der Waals surface area contributed by atoms with Gasteiger partial charge in [0, 0.05) is 6.04 Å². The van der Waals surface area contributed by atoms with Gasteiger partial charge in [-0.1, -0.05) is 25.5 Å². The van der Waals surface area contributed by atoms with Gasteiger partial charge < -0.3 is 10.1 Å². The van der Waals surface area contributed by atoms with Crippen molar-refractivity contribution in [3.63, 3.8) is 0 Å². The lowest BCUT2D eigenvalue weighted by Gasteiger charge is -2.19. The Morgan fingerprint density at radius 3 is 2.63 bits per heavy atom. The second kappa shape index (κ2) is 7.17. The molecule has 0 aliphatic heterocycles. The largest absolute Gasteiger partial charge is 0.481 e. The number of hydrogen-bond donors (Lipinski definition) is 1. The van der Waals surface area contributed by atoms with Crippen molar-refractivity contribution in [1.29, 1.82) is 0 Å². The summed E-state index contributed by atoms with van der Waals surface area (Å²) in [7, 11) is 0. The summed E-state index contributed by atoms with van der Waals surface area (Å²) >= 11 is 0. The first-order valence-corrected chi connectivity index (χ1v) is 6.98. The Morgan fingerprint density at radius 1 is 1.32 bits per heavy atom. The first-order valence-electron chi connectivity index (χ1n) is 6.98. The van der Waals surface area contributed by atoms with E-state index in [1.807, 2.05) is 39.0 Å². The zero-order valence-corrected chi connectivity index (χ0v) is 12.6. The molecule has 0 radical (unpaired) electrons. The molecule has 106 valence electrons. The predicted octanol–water partition coefficient (Wildman–Crippen LogP) is 3.38. The van der Waals surface area contributed by atoms with Crippen LogP contribution in [-0.2, 0) is 4.79 Å². The number of hydrogen-bond acceptors (Lipinski definition) is 2. The van der Waals surface area contributed by atoms with Crippen LogP contribution in [0.3, 0.4) is 0 Å². The molecule has 3 nitrogen and oxygen atoms in total. The van der Waals surface area contributed by atoms with Crippen molar-refractivity contribution in [2.24, 2.45) is 0 Å². The second-order valence-electron chi connectivity index (χ2n) is 5.23. The van der Waals surface area contributed by atoms with Crippen molar-refractivity contribution in [2.75, 3.05) is 0 Å². The minimum atomic E-state index is -0.472. The Hall–Kier alpha value is -1.51. The standard InChI is InChI=1S/C16H25NO2/c1-6-7-13(4)17-16(18)14(5)19-15-10-11(2)8-9-12(15)3/h8-10,13-14H,6-7H2,1-5H3,(H,17,18)/t13-,14+/m1/s1. The zero-order chi connectivity index (χ0) is 14.4. The Labute approximate surface area is 116 Å². The molecule has 0 spiro atoms. The molecule has 1 aromatic rings. The monoisotopic (exact) mass is 263 g/mol. The molecule has 1 rings (SSSR count). The number of amides is 1.